The minimum Gasteiger partial charge on any atom is -0.204 e. The zero-order valence-corrected chi connectivity index (χ0v) is 9.67. The quantitative estimate of drug-likeness (QED) is 0.721. The maximum atomic E-state index is 4.28. The zero-order valence-electron chi connectivity index (χ0n) is 9.67. The van der Waals surface area contributed by atoms with E-state index in [1.807, 2.05) is 19.1 Å². The Morgan fingerprint density at radius 3 is 2.94 bits per heavy atom. The van der Waals surface area contributed by atoms with Crippen LogP contribution in [0.1, 0.15) is 20.3 Å². The Hall–Kier alpha value is -1.78. The zero-order chi connectivity index (χ0) is 11.4. The summed E-state index contributed by atoms with van der Waals surface area (Å²) in [5.74, 6) is 0.687. The lowest BCUT2D eigenvalue weighted by atomic mass is 10.2. The average molecular weight is 218 g/mol. The first-order chi connectivity index (χ1) is 7.83. The number of aromatic nitrogens is 5. The van der Waals surface area contributed by atoms with Crippen molar-refractivity contribution in [1.29, 1.82) is 0 Å². The number of aryl methyl sites for hydroxylation is 2. The number of hydrogen-bond donors (Lipinski definition) is 0. The van der Waals surface area contributed by atoms with Crippen molar-refractivity contribution in [2.75, 3.05) is 0 Å². The predicted octanol–water partition coefficient (Wildman–Crippen LogP) is 1.06. The number of nitrogens with zero attached hydrogens (tertiary/aromatic N) is 5. The van der Waals surface area contributed by atoms with E-state index < -0.39 is 0 Å². The Morgan fingerprint density at radius 1 is 1.38 bits per heavy atom. The van der Waals surface area contributed by atoms with Gasteiger partial charge in [-0.15, -0.1) is 10.2 Å². The highest BCUT2D eigenvalue weighted by atomic mass is 15.6. The second kappa shape index (κ2) is 4.83. The summed E-state index contributed by atoms with van der Waals surface area (Å²) < 4.78 is 2.14. The maximum absolute atomic E-state index is 4.28. The third-order valence-electron chi connectivity index (χ3n) is 2.33. The van der Waals surface area contributed by atoms with E-state index in [-0.39, 0.29) is 0 Å². The molecule has 0 aliphatic heterocycles. The van der Waals surface area contributed by atoms with Crippen molar-refractivity contribution in [1.82, 2.24) is 20.2 Å². The summed E-state index contributed by atoms with van der Waals surface area (Å²) in [6.45, 7) is 5.91. The van der Waals surface area contributed by atoms with Crippen LogP contribution in [0.15, 0.2) is 24.5 Å². The number of rotatable bonds is 4. The van der Waals surface area contributed by atoms with E-state index in [1.54, 1.807) is 4.80 Å². The molecule has 2 aromatic rings. The monoisotopic (exact) mass is 218 g/mol. The van der Waals surface area contributed by atoms with Crippen molar-refractivity contribution >= 4 is 0 Å². The molecule has 0 saturated carbocycles. The highest BCUT2D eigenvalue weighted by molar-refractivity contribution is 5.50. The largest absolute Gasteiger partial charge is 0.210 e. The Kier molecular flexibility index (Phi) is 3.24. The van der Waals surface area contributed by atoms with Crippen LogP contribution in [-0.4, -0.2) is 20.2 Å². The second-order valence-corrected chi connectivity index (χ2v) is 3.63. The number of pyridine rings is 1. The molecule has 0 spiro atoms. The summed E-state index contributed by atoms with van der Waals surface area (Å²) in [6, 6.07) is 4.01. The molecule has 0 bridgehead atoms. The Balaban J connectivity index is 2.28. The minimum absolute atomic E-state index is 0.687. The van der Waals surface area contributed by atoms with Gasteiger partial charge in [0, 0.05) is 12.5 Å². The summed E-state index contributed by atoms with van der Waals surface area (Å²) in [7, 11) is 0. The fourth-order valence-electron chi connectivity index (χ4n) is 1.54. The van der Waals surface area contributed by atoms with Crippen molar-refractivity contribution < 1.29 is 4.57 Å². The van der Waals surface area contributed by atoms with E-state index in [4.69, 9.17) is 0 Å². The molecular weight excluding hydrogens is 202 g/mol. The molecule has 2 aromatic heterocycles. The van der Waals surface area contributed by atoms with Gasteiger partial charge in [-0.1, -0.05) is 6.92 Å². The van der Waals surface area contributed by atoms with E-state index in [9.17, 15) is 0 Å². The molecule has 0 atom stereocenters. The van der Waals surface area contributed by atoms with Crippen molar-refractivity contribution in [3.05, 3.63) is 24.5 Å². The smallest absolute Gasteiger partial charge is 0.204 e. The summed E-state index contributed by atoms with van der Waals surface area (Å²) >= 11 is 0. The van der Waals surface area contributed by atoms with Crippen LogP contribution >= 0.6 is 0 Å². The second-order valence-electron chi connectivity index (χ2n) is 3.63. The van der Waals surface area contributed by atoms with Crippen molar-refractivity contribution in [3.8, 4) is 11.4 Å². The van der Waals surface area contributed by atoms with Gasteiger partial charge in [-0.25, -0.2) is 4.57 Å². The third kappa shape index (κ3) is 2.24. The molecule has 16 heavy (non-hydrogen) atoms. The Bertz CT molecular complexity index is 463. The lowest BCUT2D eigenvalue weighted by molar-refractivity contribution is -0.696. The molecule has 0 radical (unpaired) electrons. The predicted molar refractivity (Wildman–Crippen MR) is 59.4 cm³/mol. The molecule has 5 heteroatoms. The SMILES string of the molecule is CCC[n+]1cccc(-c2nnn(CC)n2)c1. The Morgan fingerprint density at radius 2 is 2.25 bits per heavy atom. The van der Waals surface area contributed by atoms with Gasteiger partial charge in [-0.2, -0.15) is 4.80 Å². The van der Waals surface area contributed by atoms with Gasteiger partial charge < -0.3 is 0 Å². The number of hydrogen-bond acceptors (Lipinski definition) is 3. The highest BCUT2D eigenvalue weighted by Gasteiger charge is 2.09. The van der Waals surface area contributed by atoms with Gasteiger partial charge in [-0.05, 0) is 18.2 Å². The minimum atomic E-state index is 0.687. The fourth-order valence-corrected chi connectivity index (χ4v) is 1.54. The van der Waals surface area contributed by atoms with Gasteiger partial charge >= 0.3 is 0 Å². The first kappa shape index (κ1) is 10.7. The van der Waals surface area contributed by atoms with Crippen LogP contribution in [-0.2, 0) is 13.1 Å². The van der Waals surface area contributed by atoms with Crippen LogP contribution in [0, 0.1) is 0 Å². The van der Waals surface area contributed by atoms with Gasteiger partial charge in [0.05, 0.1) is 12.1 Å². The first-order valence-electron chi connectivity index (χ1n) is 5.60. The topological polar surface area (TPSA) is 47.5 Å². The van der Waals surface area contributed by atoms with Gasteiger partial charge in [0.1, 0.15) is 6.54 Å². The van der Waals surface area contributed by atoms with Crippen LogP contribution in [0.3, 0.4) is 0 Å². The van der Waals surface area contributed by atoms with E-state index >= 15 is 0 Å². The molecule has 2 rings (SSSR count). The van der Waals surface area contributed by atoms with Crippen LogP contribution in [0.25, 0.3) is 11.4 Å². The molecule has 0 aliphatic carbocycles. The van der Waals surface area contributed by atoms with Crippen LogP contribution in [0.2, 0.25) is 0 Å². The molecule has 0 N–H and O–H groups in total. The summed E-state index contributed by atoms with van der Waals surface area (Å²) in [5, 5.41) is 12.3. The van der Waals surface area contributed by atoms with E-state index in [0.29, 0.717) is 5.82 Å². The van der Waals surface area contributed by atoms with Crippen LogP contribution < -0.4 is 4.57 Å². The van der Waals surface area contributed by atoms with Crippen molar-refractivity contribution in [2.45, 2.75) is 33.4 Å². The summed E-state index contributed by atoms with van der Waals surface area (Å²) in [6.07, 6.45) is 5.22. The van der Waals surface area contributed by atoms with E-state index in [2.05, 4.69) is 39.3 Å². The lowest BCUT2D eigenvalue weighted by Gasteiger charge is -1.95. The normalized spacial score (nSPS) is 10.6. The van der Waals surface area contributed by atoms with E-state index in [0.717, 1.165) is 25.1 Å². The van der Waals surface area contributed by atoms with Crippen LogP contribution in [0.4, 0.5) is 0 Å². The van der Waals surface area contributed by atoms with Gasteiger partial charge in [-0.3, -0.25) is 0 Å². The highest BCUT2D eigenvalue weighted by Crippen LogP contribution is 2.09. The van der Waals surface area contributed by atoms with Gasteiger partial charge in [0.15, 0.2) is 12.4 Å². The van der Waals surface area contributed by atoms with Crippen molar-refractivity contribution in [2.24, 2.45) is 0 Å². The molecule has 0 aliphatic rings. The standard InChI is InChI=1S/C11H16N5/c1-3-7-15-8-5-6-10(9-15)11-12-14-16(4-2)13-11/h5-6,8-9H,3-4,7H2,1-2H3/q+1. The average Bonchev–Trinajstić information content (AvgIpc) is 2.78. The Labute approximate surface area is 94.7 Å². The fraction of sp³-hybridized carbons (Fsp3) is 0.455. The molecular formula is C11H16N5+. The van der Waals surface area contributed by atoms with Gasteiger partial charge in [0.2, 0.25) is 5.82 Å². The number of tetrazole rings is 1. The summed E-state index contributed by atoms with van der Waals surface area (Å²) in [5.41, 5.74) is 1.01. The molecule has 5 nitrogen and oxygen atoms in total. The third-order valence-corrected chi connectivity index (χ3v) is 2.33. The molecule has 84 valence electrons. The van der Waals surface area contributed by atoms with Crippen molar-refractivity contribution in [3.63, 3.8) is 0 Å². The lowest BCUT2D eigenvalue weighted by Crippen LogP contribution is -2.32. The summed E-state index contributed by atoms with van der Waals surface area (Å²) in [4.78, 5) is 1.59. The first-order valence-corrected chi connectivity index (χ1v) is 5.60. The van der Waals surface area contributed by atoms with E-state index in [1.165, 1.54) is 0 Å². The molecule has 2 heterocycles. The van der Waals surface area contributed by atoms with Crippen LogP contribution in [0.5, 0.6) is 0 Å². The molecule has 0 saturated heterocycles. The molecule has 0 unspecified atom stereocenters. The molecule has 0 aromatic carbocycles. The maximum Gasteiger partial charge on any atom is 0.210 e. The molecule has 0 fully saturated rings. The molecule has 0 amide bonds. The van der Waals surface area contributed by atoms with Gasteiger partial charge in [0.25, 0.3) is 0 Å².